The van der Waals surface area contributed by atoms with Crippen LogP contribution in [0.4, 0.5) is 0 Å². The number of hydrogen-bond donors (Lipinski definition) is 1. The third-order valence-corrected chi connectivity index (χ3v) is 3.37. The SMILES string of the molecule is CC(C)N(Cc1csc(CN)n1)C(C)C. The van der Waals surface area contributed by atoms with Gasteiger partial charge in [0.05, 0.1) is 5.69 Å². The van der Waals surface area contributed by atoms with E-state index in [0.717, 1.165) is 17.2 Å². The lowest BCUT2D eigenvalue weighted by atomic mass is 10.2. The summed E-state index contributed by atoms with van der Waals surface area (Å²) in [7, 11) is 0. The largest absolute Gasteiger partial charge is 0.325 e. The molecule has 0 aliphatic carbocycles. The van der Waals surface area contributed by atoms with Crippen molar-refractivity contribution in [2.24, 2.45) is 5.73 Å². The molecule has 0 saturated carbocycles. The van der Waals surface area contributed by atoms with Gasteiger partial charge in [0.15, 0.2) is 0 Å². The summed E-state index contributed by atoms with van der Waals surface area (Å²) < 4.78 is 0. The van der Waals surface area contributed by atoms with Crippen molar-refractivity contribution in [3.63, 3.8) is 0 Å². The maximum absolute atomic E-state index is 5.55. The minimum Gasteiger partial charge on any atom is -0.325 e. The van der Waals surface area contributed by atoms with Crippen LogP contribution in [-0.4, -0.2) is 22.0 Å². The second-order valence-electron chi connectivity index (χ2n) is 4.30. The minimum atomic E-state index is 0.549. The second-order valence-corrected chi connectivity index (χ2v) is 5.24. The van der Waals surface area contributed by atoms with Crippen molar-refractivity contribution in [1.82, 2.24) is 9.88 Å². The fourth-order valence-electron chi connectivity index (χ4n) is 1.66. The summed E-state index contributed by atoms with van der Waals surface area (Å²) in [5.74, 6) is 0. The zero-order valence-electron chi connectivity index (χ0n) is 10.0. The normalized spacial score (nSPS) is 12.0. The fourth-order valence-corrected chi connectivity index (χ4v) is 2.33. The highest BCUT2D eigenvalue weighted by atomic mass is 32.1. The van der Waals surface area contributed by atoms with Crippen molar-refractivity contribution < 1.29 is 0 Å². The van der Waals surface area contributed by atoms with Crippen molar-refractivity contribution in [3.05, 3.63) is 16.1 Å². The highest BCUT2D eigenvalue weighted by Crippen LogP contribution is 2.14. The Hall–Kier alpha value is -0.450. The van der Waals surface area contributed by atoms with E-state index in [1.165, 1.54) is 0 Å². The van der Waals surface area contributed by atoms with E-state index in [4.69, 9.17) is 5.73 Å². The molecule has 1 aromatic heterocycles. The summed E-state index contributed by atoms with van der Waals surface area (Å²) in [4.78, 5) is 6.91. The molecular weight excluding hydrogens is 206 g/mol. The first kappa shape index (κ1) is 12.6. The van der Waals surface area contributed by atoms with Gasteiger partial charge in [-0.2, -0.15) is 0 Å². The van der Waals surface area contributed by atoms with E-state index in [9.17, 15) is 0 Å². The van der Waals surface area contributed by atoms with Crippen LogP contribution in [0.25, 0.3) is 0 Å². The van der Waals surface area contributed by atoms with Crippen LogP contribution in [0.2, 0.25) is 0 Å². The van der Waals surface area contributed by atoms with E-state index in [1.807, 2.05) is 0 Å². The van der Waals surface area contributed by atoms with Gasteiger partial charge in [0, 0.05) is 30.6 Å². The highest BCUT2D eigenvalue weighted by Gasteiger charge is 2.14. The van der Waals surface area contributed by atoms with Crippen LogP contribution in [0.3, 0.4) is 0 Å². The first-order valence-electron chi connectivity index (χ1n) is 5.43. The number of thiazole rings is 1. The molecule has 0 amide bonds. The lowest BCUT2D eigenvalue weighted by molar-refractivity contribution is 0.164. The van der Waals surface area contributed by atoms with Crippen LogP contribution in [-0.2, 0) is 13.1 Å². The molecule has 0 aliphatic heterocycles. The number of aromatic nitrogens is 1. The first-order chi connectivity index (χ1) is 7.04. The number of rotatable bonds is 5. The molecule has 0 bridgehead atoms. The standard InChI is InChI=1S/C11H21N3S/c1-8(2)14(9(3)4)6-10-7-15-11(5-12)13-10/h7-9H,5-6,12H2,1-4H3. The third kappa shape index (κ3) is 3.55. The smallest absolute Gasteiger partial charge is 0.106 e. The van der Waals surface area contributed by atoms with Crippen LogP contribution in [0.1, 0.15) is 38.4 Å². The van der Waals surface area contributed by atoms with Crippen LogP contribution in [0.5, 0.6) is 0 Å². The topological polar surface area (TPSA) is 42.1 Å². The monoisotopic (exact) mass is 227 g/mol. The first-order valence-corrected chi connectivity index (χ1v) is 6.31. The molecule has 15 heavy (non-hydrogen) atoms. The van der Waals surface area contributed by atoms with E-state index < -0.39 is 0 Å². The van der Waals surface area contributed by atoms with Crippen molar-refractivity contribution in [1.29, 1.82) is 0 Å². The Bertz CT molecular complexity index is 286. The van der Waals surface area contributed by atoms with Crippen LogP contribution in [0, 0.1) is 0 Å². The third-order valence-electron chi connectivity index (χ3n) is 2.45. The summed E-state index contributed by atoms with van der Waals surface area (Å²) in [6.45, 7) is 10.3. The Morgan fingerprint density at radius 1 is 1.33 bits per heavy atom. The van der Waals surface area contributed by atoms with Gasteiger partial charge in [0.1, 0.15) is 5.01 Å². The van der Waals surface area contributed by atoms with E-state index in [-0.39, 0.29) is 0 Å². The maximum atomic E-state index is 5.55. The van der Waals surface area contributed by atoms with Gasteiger partial charge in [-0.05, 0) is 27.7 Å². The van der Waals surface area contributed by atoms with Crippen LogP contribution in [0.15, 0.2) is 5.38 Å². The predicted molar refractivity (Wildman–Crippen MR) is 65.8 cm³/mol. The van der Waals surface area contributed by atoms with E-state index in [2.05, 4.69) is 43.0 Å². The molecule has 0 aromatic carbocycles. The molecule has 0 saturated heterocycles. The summed E-state index contributed by atoms with van der Waals surface area (Å²) in [5.41, 5.74) is 6.69. The quantitative estimate of drug-likeness (QED) is 0.838. The fraction of sp³-hybridized carbons (Fsp3) is 0.727. The van der Waals surface area contributed by atoms with Crippen molar-refractivity contribution in [3.8, 4) is 0 Å². The van der Waals surface area contributed by atoms with Gasteiger partial charge in [-0.1, -0.05) is 0 Å². The Morgan fingerprint density at radius 3 is 2.33 bits per heavy atom. The Balaban J connectivity index is 2.65. The molecular formula is C11H21N3S. The Kier molecular flexibility index (Phi) is 4.70. The van der Waals surface area contributed by atoms with Gasteiger partial charge in [-0.25, -0.2) is 4.98 Å². The number of nitrogens with two attached hydrogens (primary N) is 1. The molecule has 0 aliphatic rings. The predicted octanol–water partition coefficient (Wildman–Crippen LogP) is 2.22. The molecule has 1 rings (SSSR count). The Morgan fingerprint density at radius 2 is 1.93 bits per heavy atom. The zero-order chi connectivity index (χ0) is 11.4. The van der Waals surface area contributed by atoms with Gasteiger partial charge < -0.3 is 5.73 Å². The molecule has 86 valence electrons. The lowest BCUT2D eigenvalue weighted by Gasteiger charge is -2.29. The molecule has 3 nitrogen and oxygen atoms in total. The van der Waals surface area contributed by atoms with Gasteiger partial charge in [0.2, 0.25) is 0 Å². The van der Waals surface area contributed by atoms with Crippen molar-refractivity contribution in [2.45, 2.75) is 52.9 Å². The van der Waals surface area contributed by atoms with Gasteiger partial charge >= 0.3 is 0 Å². The average Bonchev–Trinajstić information content (AvgIpc) is 2.60. The van der Waals surface area contributed by atoms with E-state index >= 15 is 0 Å². The van der Waals surface area contributed by atoms with Crippen LogP contribution >= 0.6 is 11.3 Å². The molecule has 4 heteroatoms. The summed E-state index contributed by atoms with van der Waals surface area (Å²) >= 11 is 1.65. The molecule has 0 radical (unpaired) electrons. The van der Waals surface area contributed by atoms with Gasteiger partial charge in [-0.15, -0.1) is 11.3 Å². The molecule has 0 spiro atoms. The lowest BCUT2D eigenvalue weighted by Crippen LogP contribution is -2.36. The Labute approximate surface area is 96.3 Å². The van der Waals surface area contributed by atoms with E-state index in [0.29, 0.717) is 18.6 Å². The molecule has 1 aromatic rings. The molecule has 1 heterocycles. The summed E-state index contributed by atoms with van der Waals surface area (Å²) in [5, 5.41) is 3.14. The average molecular weight is 227 g/mol. The number of hydrogen-bond acceptors (Lipinski definition) is 4. The van der Waals surface area contributed by atoms with E-state index in [1.54, 1.807) is 11.3 Å². The summed E-state index contributed by atoms with van der Waals surface area (Å²) in [6.07, 6.45) is 0. The van der Waals surface area contributed by atoms with Crippen molar-refractivity contribution >= 4 is 11.3 Å². The molecule has 0 atom stereocenters. The molecule has 0 unspecified atom stereocenters. The van der Waals surface area contributed by atoms with Crippen molar-refractivity contribution in [2.75, 3.05) is 0 Å². The minimum absolute atomic E-state index is 0.549. The van der Waals surface area contributed by atoms with Crippen LogP contribution < -0.4 is 5.73 Å². The second kappa shape index (κ2) is 5.58. The van der Waals surface area contributed by atoms with Gasteiger partial charge in [0.25, 0.3) is 0 Å². The molecule has 0 fully saturated rings. The number of nitrogens with zero attached hydrogens (tertiary/aromatic N) is 2. The molecule has 2 N–H and O–H groups in total. The zero-order valence-corrected chi connectivity index (χ0v) is 10.8. The highest BCUT2D eigenvalue weighted by molar-refractivity contribution is 7.09. The summed E-state index contributed by atoms with van der Waals surface area (Å²) in [6, 6.07) is 1.10. The maximum Gasteiger partial charge on any atom is 0.106 e. The van der Waals surface area contributed by atoms with Gasteiger partial charge in [-0.3, -0.25) is 4.90 Å².